The number of nitrogens with one attached hydrogen (secondary N) is 1. The zero-order valence-corrected chi connectivity index (χ0v) is 18.4. The molecule has 0 bridgehead atoms. The first-order valence-electron chi connectivity index (χ1n) is 9.63. The first-order chi connectivity index (χ1) is 13.7. The summed E-state index contributed by atoms with van der Waals surface area (Å²) < 4.78 is 35.8. The maximum atomic E-state index is 12.8. The van der Waals surface area contributed by atoms with Gasteiger partial charge in [-0.2, -0.15) is 0 Å². The van der Waals surface area contributed by atoms with Crippen molar-refractivity contribution in [1.29, 1.82) is 0 Å². The van der Waals surface area contributed by atoms with Crippen LogP contribution in [0.25, 0.3) is 0 Å². The van der Waals surface area contributed by atoms with E-state index in [-0.39, 0.29) is 22.3 Å². The normalized spacial score (nSPS) is 12.5. The first kappa shape index (κ1) is 22.7. The van der Waals surface area contributed by atoms with E-state index in [0.29, 0.717) is 24.0 Å². The highest BCUT2D eigenvalue weighted by molar-refractivity contribution is 7.91. The number of methoxy groups -OCH3 is 1. The molecule has 2 aromatic carbocycles. The molecular formula is C22H29NO5S. The van der Waals surface area contributed by atoms with E-state index in [1.165, 1.54) is 12.1 Å². The molecule has 0 aromatic heterocycles. The largest absolute Gasteiger partial charge is 0.493 e. The van der Waals surface area contributed by atoms with Gasteiger partial charge in [0.25, 0.3) is 5.91 Å². The predicted octanol–water partition coefficient (Wildman–Crippen LogP) is 4.01. The number of rotatable bonds is 9. The third kappa shape index (κ3) is 5.73. The van der Waals surface area contributed by atoms with Gasteiger partial charge in [0.1, 0.15) is 0 Å². The number of sulfone groups is 1. The maximum absolute atomic E-state index is 12.8. The highest BCUT2D eigenvalue weighted by Gasteiger charge is 2.22. The molecule has 158 valence electrons. The Balaban J connectivity index is 2.23. The van der Waals surface area contributed by atoms with E-state index in [4.69, 9.17) is 9.47 Å². The van der Waals surface area contributed by atoms with Crippen molar-refractivity contribution in [2.24, 2.45) is 5.92 Å². The van der Waals surface area contributed by atoms with Crippen molar-refractivity contribution in [2.45, 2.75) is 38.6 Å². The molecule has 6 nitrogen and oxygen atoms in total. The summed E-state index contributed by atoms with van der Waals surface area (Å²) in [6.45, 7) is 8.09. The number of hydrogen-bond donors (Lipinski definition) is 1. The van der Waals surface area contributed by atoms with Gasteiger partial charge < -0.3 is 14.8 Å². The van der Waals surface area contributed by atoms with Gasteiger partial charge in [-0.3, -0.25) is 4.79 Å². The van der Waals surface area contributed by atoms with Crippen molar-refractivity contribution in [3.63, 3.8) is 0 Å². The number of ether oxygens (including phenoxy) is 2. The Labute approximate surface area is 173 Å². The van der Waals surface area contributed by atoms with Crippen molar-refractivity contribution in [3.8, 4) is 11.5 Å². The smallest absolute Gasteiger partial charge is 0.253 e. The molecule has 0 aliphatic heterocycles. The molecule has 1 atom stereocenters. The van der Waals surface area contributed by atoms with E-state index in [1.807, 2.05) is 25.1 Å². The van der Waals surface area contributed by atoms with Gasteiger partial charge in [-0.25, -0.2) is 8.42 Å². The summed E-state index contributed by atoms with van der Waals surface area (Å²) in [5, 5.41) is 2.87. The number of amides is 1. The second kappa shape index (κ2) is 9.78. The SMILES string of the molecule is CCS(=O)(=O)c1ccccc1C(=O)N[C@H](C)c1ccc(OCC(C)C)c(OC)c1. The van der Waals surface area contributed by atoms with Crippen LogP contribution in [-0.4, -0.2) is 33.8 Å². The van der Waals surface area contributed by atoms with Crippen LogP contribution in [0.2, 0.25) is 0 Å². The Bertz CT molecular complexity index is 953. The number of carbonyl (C=O) groups excluding carboxylic acids is 1. The lowest BCUT2D eigenvalue weighted by Gasteiger charge is -2.18. The summed E-state index contributed by atoms with van der Waals surface area (Å²) >= 11 is 0. The fraction of sp³-hybridized carbons (Fsp3) is 0.409. The van der Waals surface area contributed by atoms with E-state index < -0.39 is 15.7 Å². The van der Waals surface area contributed by atoms with Gasteiger partial charge in [-0.15, -0.1) is 0 Å². The zero-order valence-electron chi connectivity index (χ0n) is 17.6. The molecule has 0 aliphatic rings. The molecule has 0 saturated heterocycles. The van der Waals surface area contributed by atoms with Crippen LogP contribution in [-0.2, 0) is 9.84 Å². The van der Waals surface area contributed by atoms with Crippen molar-refractivity contribution in [2.75, 3.05) is 19.5 Å². The van der Waals surface area contributed by atoms with E-state index in [0.717, 1.165) is 5.56 Å². The minimum atomic E-state index is -3.50. The summed E-state index contributed by atoms with van der Waals surface area (Å²) in [6, 6.07) is 11.4. The fourth-order valence-electron chi connectivity index (χ4n) is 2.77. The molecule has 2 aromatic rings. The van der Waals surface area contributed by atoms with Crippen molar-refractivity contribution in [1.82, 2.24) is 5.32 Å². The lowest BCUT2D eigenvalue weighted by Crippen LogP contribution is -2.28. The molecule has 0 aliphatic carbocycles. The molecule has 29 heavy (non-hydrogen) atoms. The van der Waals surface area contributed by atoms with Gasteiger partial charge in [0.05, 0.1) is 36.0 Å². The van der Waals surface area contributed by atoms with Crippen LogP contribution < -0.4 is 14.8 Å². The van der Waals surface area contributed by atoms with Crippen LogP contribution in [0.3, 0.4) is 0 Å². The van der Waals surface area contributed by atoms with E-state index in [2.05, 4.69) is 19.2 Å². The molecule has 7 heteroatoms. The number of benzene rings is 2. The Morgan fingerprint density at radius 2 is 1.76 bits per heavy atom. The second-order valence-electron chi connectivity index (χ2n) is 7.21. The third-order valence-electron chi connectivity index (χ3n) is 4.45. The quantitative estimate of drug-likeness (QED) is 0.664. The Hall–Kier alpha value is -2.54. The Morgan fingerprint density at radius 3 is 2.38 bits per heavy atom. The molecular weight excluding hydrogens is 390 g/mol. The summed E-state index contributed by atoms with van der Waals surface area (Å²) in [5.41, 5.74) is 0.966. The fourth-order valence-corrected chi connectivity index (χ4v) is 3.86. The van der Waals surface area contributed by atoms with Gasteiger partial charge >= 0.3 is 0 Å². The molecule has 0 spiro atoms. The van der Waals surface area contributed by atoms with Gasteiger partial charge in [0.15, 0.2) is 21.3 Å². The van der Waals surface area contributed by atoms with Crippen LogP contribution in [0.5, 0.6) is 11.5 Å². The highest BCUT2D eigenvalue weighted by atomic mass is 32.2. The first-order valence-corrected chi connectivity index (χ1v) is 11.3. The molecule has 1 amide bonds. The minimum Gasteiger partial charge on any atom is -0.493 e. The maximum Gasteiger partial charge on any atom is 0.253 e. The molecule has 1 N–H and O–H groups in total. The average Bonchev–Trinajstić information content (AvgIpc) is 2.71. The zero-order chi connectivity index (χ0) is 21.6. The molecule has 0 heterocycles. The van der Waals surface area contributed by atoms with Crippen LogP contribution >= 0.6 is 0 Å². The van der Waals surface area contributed by atoms with Crippen molar-refractivity contribution in [3.05, 3.63) is 53.6 Å². The van der Waals surface area contributed by atoms with Crippen LogP contribution in [0.1, 0.15) is 49.7 Å². The van der Waals surface area contributed by atoms with Gasteiger partial charge in [-0.1, -0.05) is 39.0 Å². The summed E-state index contributed by atoms with van der Waals surface area (Å²) in [4.78, 5) is 12.8. The molecule has 0 saturated carbocycles. The lowest BCUT2D eigenvalue weighted by molar-refractivity contribution is 0.0936. The van der Waals surface area contributed by atoms with E-state index in [9.17, 15) is 13.2 Å². The summed E-state index contributed by atoms with van der Waals surface area (Å²) in [6.07, 6.45) is 0. The topological polar surface area (TPSA) is 81.7 Å². The molecule has 0 fully saturated rings. The third-order valence-corrected chi connectivity index (χ3v) is 6.24. The summed E-state index contributed by atoms with van der Waals surface area (Å²) in [7, 11) is -1.94. The molecule has 0 radical (unpaired) electrons. The predicted molar refractivity (Wildman–Crippen MR) is 113 cm³/mol. The monoisotopic (exact) mass is 419 g/mol. The molecule has 0 unspecified atom stereocenters. The van der Waals surface area contributed by atoms with Crippen molar-refractivity contribution < 1.29 is 22.7 Å². The van der Waals surface area contributed by atoms with Crippen molar-refractivity contribution >= 4 is 15.7 Å². The summed E-state index contributed by atoms with van der Waals surface area (Å²) in [5.74, 6) is 1.10. The highest BCUT2D eigenvalue weighted by Crippen LogP contribution is 2.31. The Morgan fingerprint density at radius 1 is 1.07 bits per heavy atom. The minimum absolute atomic E-state index is 0.0437. The van der Waals surface area contributed by atoms with Crippen LogP contribution in [0.15, 0.2) is 47.4 Å². The van der Waals surface area contributed by atoms with E-state index in [1.54, 1.807) is 26.2 Å². The number of carbonyl (C=O) groups is 1. The standard InChI is InChI=1S/C22H29NO5S/c1-6-29(25,26)21-10-8-7-9-18(21)22(24)23-16(4)17-11-12-19(20(13-17)27-5)28-14-15(2)3/h7-13,15-16H,6,14H2,1-5H3,(H,23,24)/t16-/m1/s1. The average molecular weight is 420 g/mol. The van der Waals surface area contributed by atoms with Gasteiger partial charge in [0, 0.05) is 0 Å². The van der Waals surface area contributed by atoms with Crippen LogP contribution in [0, 0.1) is 5.92 Å². The Kier molecular flexibility index (Phi) is 7.67. The second-order valence-corrected chi connectivity index (χ2v) is 9.46. The van der Waals surface area contributed by atoms with Gasteiger partial charge in [-0.05, 0) is 42.7 Å². The molecule has 2 rings (SSSR count). The van der Waals surface area contributed by atoms with E-state index >= 15 is 0 Å². The van der Waals surface area contributed by atoms with Gasteiger partial charge in [0.2, 0.25) is 0 Å². The van der Waals surface area contributed by atoms with Crippen LogP contribution in [0.4, 0.5) is 0 Å². The lowest BCUT2D eigenvalue weighted by atomic mass is 10.1. The number of hydrogen-bond acceptors (Lipinski definition) is 5.